The summed E-state index contributed by atoms with van der Waals surface area (Å²) in [5, 5.41) is 3.25. The smallest absolute Gasteiger partial charge is 0.265 e. The van der Waals surface area contributed by atoms with E-state index in [2.05, 4.69) is 17.0 Å². The number of rotatable bonds is 12. The summed E-state index contributed by atoms with van der Waals surface area (Å²) in [4.78, 5) is 14.6. The van der Waals surface area contributed by atoms with Gasteiger partial charge in [0.05, 0.1) is 32.9 Å². The molecule has 0 saturated heterocycles. The lowest BCUT2D eigenvalue weighted by molar-refractivity contribution is -0.134. The number of anilines is 2. The van der Waals surface area contributed by atoms with Crippen molar-refractivity contribution in [1.82, 2.24) is 4.90 Å². The average molecular weight is 612 g/mol. The van der Waals surface area contributed by atoms with Gasteiger partial charge >= 0.3 is 0 Å². The van der Waals surface area contributed by atoms with Crippen LogP contribution in [0.1, 0.15) is 19.8 Å². The van der Waals surface area contributed by atoms with Crippen molar-refractivity contribution in [2.75, 3.05) is 51.5 Å². The van der Waals surface area contributed by atoms with Gasteiger partial charge in [-0.2, -0.15) is 0 Å². The van der Waals surface area contributed by atoms with Crippen molar-refractivity contribution < 1.29 is 31.8 Å². The van der Waals surface area contributed by atoms with Crippen LogP contribution in [0.15, 0.2) is 77.4 Å². The van der Waals surface area contributed by atoms with E-state index in [1.165, 1.54) is 44.6 Å². The molecule has 0 heterocycles. The largest absolute Gasteiger partial charge is 0.501 e. The molecule has 3 aromatic carbocycles. The molecule has 0 radical (unpaired) electrons. The van der Waals surface area contributed by atoms with Crippen molar-refractivity contribution in [3.05, 3.63) is 78.3 Å². The highest BCUT2D eigenvalue weighted by Gasteiger charge is 2.30. The van der Waals surface area contributed by atoms with E-state index in [-0.39, 0.29) is 28.0 Å². The maximum absolute atomic E-state index is 14.6. The first kappa shape index (κ1) is 31.7. The fourth-order valence-electron chi connectivity index (χ4n) is 5.06. The molecule has 0 fully saturated rings. The molecule has 43 heavy (non-hydrogen) atoms. The molecular formula is C32H38FN3O6S. The maximum atomic E-state index is 14.6. The summed E-state index contributed by atoms with van der Waals surface area (Å²) in [6, 6.07) is 15.5. The lowest BCUT2D eigenvalue weighted by Gasteiger charge is -2.29. The van der Waals surface area contributed by atoms with Gasteiger partial charge in [-0.1, -0.05) is 19.1 Å². The van der Waals surface area contributed by atoms with Gasteiger partial charge in [0.1, 0.15) is 28.0 Å². The van der Waals surface area contributed by atoms with Crippen LogP contribution < -0.4 is 19.5 Å². The zero-order valence-corrected chi connectivity index (χ0v) is 25.8. The van der Waals surface area contributed by atoms with Gasteiger partial charge in [-0.15, -0.1) is 0 Å². The molecular weight excluding hydrogens is 573 g/mol. The number of sulfonamides is 1. The summed E-state index contributed by atoms with van der Waals surface area (Å²) in [6.07, 6.45) is 3.71. The number of ether oxygens (including phenoxy) is 3. The third kappa shape index (κ3) is 7.59. The Kier molecular flexibility index (Phi) is 10.2. The lowest BCUT2D eigenvalue weighted by Crippen LogP contribution is -2.38. The van der Waals surface area contributed by atoms with Crippen LogP contribution in [0.5, 0.6) is 11.5 Å². The molecule has 0 saturated carbocycles. The number of methoxy groups -OCH3 is 3. The molecule has 1 aliphatic rings. The second-order valence-corrected chi connectivity index (χ2v) is 12.1. The number of carbonyl (C=O) groups excluding carboxylic acids is 1. The van der Waals surface area contributed by atoms with Crippen molar-refractivity contribution in [3.63, 3.8) is 0 Å². The minimum Gasteiger partial charge on any atom is -0.501 e. The molecule has 1 amide bonds. The highest BCUT2D eigenvalue weighted by atomic mass is 32.2. The van der Waals surface area contributed by atoms with Gasteiger partial charge in [-0.25, -0.2) is 12.8 Å². The van der Waals surface area contributed by atoms with Crippen molar-refractivity contribution in [2.45, 2.75) is 24.7 Å². The number of halogens is 1. The van der Waals surface area contributed by atoms with Crippen LogP contribution >= 0.6 is 0 Å². The number of nitrogens with zero attached hydrogens (tertiary/aromatic N) is 1. The Morgan fingerprint density at radius 1 is 0.977 bits per heavy atom. The molecule has 0 spiro atoms. The molecule has 1 aliphatic carbocycles. The van der Waals surface area contributed by atoms with Crippen LogP contribution in [0.4, 0.5) is 15.8 Å². The van der Waals surface area contributed by atoms with E-state index in [1.807, 2.05) is 6.08 Å². The highest BCUT2D eigenvalue weighted by molar-refractivity contribution is 7.92. The van der Waals surface area contributed by atoms with Crippen LogP contribution in [0.25, 0.3) is 11.1 Å². The molecule has 9 nitrogen and oxygen atoms in total. The summed E-state index contributed by atoms with van der Waals surface area (Å²) in [6.45, 7) is 3.01. The van der Waals surface area contributed by atoms with E-state index in [9.17, 15) is 17.6 Å². The number of amides is 1. The lowest BCUT2D eigenvalue weighted by atomic mass is 9.87. The third-order valence-electron chi connectivity index (χ3n) is 7.44. The zero-order chi connectivity index (χ0) is 31.1. The zero-order valence-electron chi connectivity index (χ0n) is 25.0. The monoisotopic (exact) mass is 611 g/mol. The second kappa shape index (κ2) is 13.8. The van der Waals surface area contributed by atoms with E-state index >= 15 is 0 Å². The van der Waals surface area contributed by atoms with Crippen LogP contribution in [-0.2, 0) is 19.6 Å². The van der Waals surface area contributed by atoms with Crippen molar-refractivity contribution in [3.8, 4) is 22.6 Å². The van der Waals surface area contributed by atoms with E-state index in [0.29, 0.717) is 41.7 Å². The van der Waals surface area contributed by atoms with Crippen LogP contribution in [0.3, 0.4) is 0 Å². The van der Waals surface area contributed by atoms with Crippen molar-refractivity contribution in [2.24, 2.45) is 11.8 Å². The Hall–Kier alpha value is -4.25. The summed E-state index contributed by atoms with van der Waals surface area (Å²) >= 11 is 0. The molecule has 2 N–H and O–H groups in total. The van der Waals surface area contributed by atoms with Gasteiger partial charge in [0.2, 0.25) is 5.91 Å². The minimum atomic E-state index is -4.13. The molecule has 11 heteroatoms. The van der Waals surface area contributed by atoms with Gasteiger partial charge in [-0.05, 0) is 78.9 Å². The topological polar surface area (TPSA) is 106 Å². The standard InChI is InChI=1S/C32H38FN3O6S/c1-21-9-12-26(30(17-21)42-5)32(37)36(2)16-15-34-23-7-6-8-24(19-23)35-43(38,39)31-18-22(10-14-29(31)41-4)27-20-25(40-3)11-13-28(27)33/h6-8,10-11,13-14,17-21,26,34-35H,9,12,15-16H2,1-5H3. The summed E-state index contributed by atoms with van der Waals surface area (Å²) < 4.78 is 60.2. The first-order valence-electron chi connectivity index (χ1n) is 14.0. The number of allylic oxidation sites excluding steroid dienone is 1. The van der Waals surface area contributed by atoms with Crippen LogP contribution in [-0.4, -0.2) is 60.7 Å². The van der Waals surface area contributed by atoms with E-state index in [0.717, 1.165) is 18.6 Å². The Bertz CT molecular complexity index is 1590. The first-order valence-corrected chi connectivity index (χ1v) is 15.4. The van der Waals surface area contributed by atoms with Crippen LogP contribution in [0.2, 0.25) is 0 Å². The average Bonchev–Trinajstić information content (AvgIpc) is 3.00. The van der Waals surface area contributed by atoms with Gasteiger partial charge in [0, 0.05) is 31.4 Å². The number of benzene rings is 3. The fourth-order valence-corrected chi connectivity index (χ4v) is 6.31. The number of hydrogen-bond acceptors (Lipinski definition) is 7. The van der Waals surface area contributed by atoms with Crippen LogP contribution in [0, 0.1) is 17.7 Å². The molecule has 230 valence electrons. The second-order valence-electron chi connectivity index (χ2n) is 10.5. The molecule has 3 aromatic rings. The van der Waals surface area contributed by atoms with E-state index in [1.54, 1.807) is 49.4 Å². The SMILES string of the molecule is COC1=CC(C)CCC1C(=O)N(C)CCNc1cccc(NS(=O)(=O)c2cc(-c3cc(OC)ccc3F)ccc2OC)c1. The van der Waals surface area contributed by atoms with Gasteiger partial charge in [0.25, 0.3) is 10.0 Å². The molecule has 2 atom stereocenters. The maximum Gasteiger partial charge on any atom is 0.265 e. The highest BCUT2D eigenvalue weighted by Crippen LogP contribution is 2.34. The van der Waals surface area contributed by atoms with E-state index < -0.39 is 15.8 Å². The molecule has 0 aromatic heterocycles. The quantitative estimate of drug-likeness (QED) is 0.268. The summed E-state index contributed by atoms with van der Waals surface area (Å²) in [7, 11) is 2.07. The Balaban J connectivity index is 1.45. The Morgan fingerprint density at radius 2 is 1.74 bits per heavy atom. The number of nitrogens with one attached hydrogen (secondary N) is 2. The van der Waals surface area contributed by atoms with Crippen molar-refractivity contribution >= 4 is 27.3 Å². The normalized spacial score (nSPS) is 16.6. The molecule has 0 bridgehead atoms. The third-order valence-corrected chi connectivity index (χ3v) is 8.84. The van der Waals surface area contributed by atoms with Gasteiger partial charge in [0.15, 0.2) is 0 Å². The Labute approximate surface area is 252 Å². The Morgan fingerprint density at radius 3 is 2.47 bits per heavy atom. The summed E-state index contributed by atoms with van der Waals surface area (Å²) in [5.41, 5.74) is 1.54. The fraction of sp³-hybridized carbons (Fsp3) is 0.344. The molecule has 2 unspecified atom stereocenters. The predicted octanol–water partition coefficient (Wildman–Crippen LogP) is 5.76. The van der Waals surface area contributed by atoms with Crippen molar-refractivity contribution in [1.29, 1.82) is 0 Å². The minimum absolute atomic E-state index is 0.00770. The first-order chi connectivity index (χ1) is 20.6. The number of hydrogen-bond donors (Lipinski definition) is 2. The molecule has 0 aliphatic heterocycles. The summed E-state index contributed by atoms with van der Waals surface area (Å²) in [5.74, 6) is 0.872. The number of carbonyl (C=O) groups is 1. The van der Waals surface area contributed by atoms with Gasteiger partial charge < -0.3 is 24.4 Å². The van der Waals surface area contributed by atoms with Gasteiger partial charge in [-0.3, -0.25) is 9.52 Å². The predicted molar refractivity (Wildman–Crippen MR) is 165 cm³/mol. The van der Waals surface area contributed by atoms with E-state index in [4.69, 9.17) is 14.2 Å². The molecule has 4 rings (SSSR count). The number of likely N-dealkylation sites (N-methyl/N-ethyl adjacent to an activating group) is 1.